The van der Waals surface area contributed by atoms with Crippen molar-refractivity contribution in [3.8, 4) is 5.75 Å². The van der Waals surface area contributed by atoms with Crippen molar-refractivity contribution in [3.63, 3.8) is 0 Å². The molecule has 0 radical (unpaired) electrons. The van der Waals surface area contributed by atoms with Crippen LogP contribution in [0.15, 0.2) is 48.5 Å². The van der Waals surface area contributed by atoms with Crippen molar-refractivity contribution in [2.24, 2.45) is 5.73 Å². The topological polar surface area (TPSA) is 35.2 Å². The molecule has 0 aliphatic heterocycles. The molecule has 1 unspecified atom stereocenters. The van der Waals surface area contributed by atoms with Crippen LogP contribution in [0, 0.1) is 0 Å². The van der Waals surface area contributed by atoms with E-state index in [1.165, 1.54) is 5.56 Å². The van der Waals surface area contributed by atoms with E-state index in [9.17, 15) is 0 Å². The van der Waals surface area contributed by atoms with Gasteiger partial charge in [0.15, 0.2) is 0 Å². The molecular weight excluding hydrogens is 246 g/mol. The normalized spacial score (nSPS) is 13.1. The fraction of sp³-hybridized carbons (Fsp3) is 0.333. The molecule has 0 spiro atoms. The number of benzene rings is 2. The Morgan fingerprint density at radius 1 is 0.950 bits per heavy atom. The molecule has 0 amide bonds. The Balaban J connectivity index is 2.32. The number of hydrogen-bond acceptors (Lipinski definition) is 2. The summed E-state index contributed by atoms with van der Waals surface area (Å²) in [7, 11) is 1.67. The Kier molecular flexibility index (Phi) is 4.15. The van der Waals surface area contributed by atoms with Crippen LogP contribution in [0.25, 0.3) is 0 Å². The summed E-state index contributed by atoms with van der Waals surface area (Å²) in [4.78, 5) is 0. The average Bonchev–Trinajstić information content (AvgIpc) is 2.45. The summed E-state index contributed by atoms with van der Waals surface area (Å²) in [5, 5.41) is 0. The zero-order valence-electron chi connectivity index (χ0n) is 12.7. The minimum atomic E-state index is -0.167. The lowest BCUT2D eigenvalue weighted by Crippen LogP contribution is -2.15. The van der Waals surface area contributed by atoms with E-state index in [1.807, 2.05) is 24.3 Å². The first-order valence-electron chi connectivity index (χ1n) is 6.92. The second-order valence-corrected chi connectivity index (χ2v) is 6.09. The van der Waals surface area contributed by atoms with Gasteiger partial charge in [-0.1, -0.05) is 63.2 Å². The Hall–Kier alpha value is -1.80. The average molecular weight is 269 g/mol. The second kappa shape index (κ2) is 5.68. The molecule has 2 aromatic rings. The van der Waals surface area contributed by atoms with Crippen molar-refractivity contribution in [1.29, 1.82) is 0 Å². The summed E-state index contributed by atoms with van der Waals surface area (Å²) >= 11 is 0. The molecule has 2 rings (SSSR count). The smallest absolute Gasteiger partial charge is 0.123 e. The molecule has 0 fully saturated rings. The first-order chi connectivity index (χ1) is 9.43. The summed E-state index contributed by atoms with van der Waals surface area (Å²) in [6.45, 7) is 6.63. The van der Waals surface area contributed by atoms with Crippen molar-refractivity contribution in [1.82, 2.24) is 0 Å². The molecule has 0 bridgehead atoms. The first-order valence-corrected chi connectivity index (χ1v) is 6.92. The Labute approximate surface area is 121 Å². The SMILES string of the molecule is COc1ccccc1C(N)c1ccc(C(C)(C)C)cc1. The molecule has 0 aliphatic carbocycles. The van der Waals surface area contributed by atoms with E-state index >= 15 is 0 Å². The van der Waals surface area contributed by atoms with Crippen molar-refractivity contribution >= 4 is 0 Å². The highest BCUT2D eigenvalue weighted by atomic mass is 16.5. The number of rotatable bonds is 3. The molecule has 2 nitrogen and oxygen atoms in total. The zero-order valence-corrected chi connectivity index (χ0v) is 12.7. The van der Waals surface area contributed by atoms with E-state index in [0.717, 1.165) is 16.9 Å². The lowest BCUT2D eigenvalue weighted by molar-refractivity contribution is 0.408. The van der Waals surface area contributed by atoms with Gasteiger partial charge >= 0.3 is 0 Å². The van der Waals surface area contributed by atoms with E-state index in [0.29, 0.717) is 0 Å². The molecule has 20 heavy (non-hydrogen) atoms. The van der Waals surface area contributed by atoms with E-state index in [1.54, 1.807) is 7.11 Å². The van der Waals surface area contributed by atoms with E-state index in [4.69, 9.17) is 10.5 Å². The van der Waals surface area contributed by atoms with Gasteiger partial charge in [-0.2, -0.15) is 0 Å². The molecule has 2 heteroatoms. The van der Waals surface area contributed by atoms with Crippen LogP contribution in [0.3, 0.4) is 0 Å². The molecule has 106 valence electrons. The third-order valence-corrected chi connectivity index (χ3v) is 3.61. The molecule has 0 aromatic heterocycles. The molecule has 0 aliphatic rings. The highest BCUT2D eigenvalue weighted by Crippen LogP contribution is 2.29. The van der Waals surface area contributed by atoms with Gasteiger partial charge in [-0.15, -0.1) is 0 Å². The summed E-state index contributed by atoms with van der Waals surface area (Å²) in [5.74, 6) is 0.833. The van der Waals surface area contributed by atoms with Gasteiger partial charge in [0.1, 0.15) is 5.75 Å². The standard InChI is InChI=1S/C18H23NO/c1-18(2,3)14-11-9-13(10-12-14)17(19)15-7-5-6-8-16(15)20-4/h5-12,17H,19H2,1-4H3. The zero-order chi connectivity index (χ0) is 14.8. The Bertz CT molecular complexity index is 567. The van der Waals surface area contributed by atoms with Gasteiger partial charge in [0.05, 0.1) is 13.2 Å². The number of nitrogens with two attached hydrogens (primary N) is 1. The maximum absolute atomic E-state index is 6.37. The van der Waals surface area contributed by atoms with Crippen molar-refractivity contribution < 1.29 is 4.74 Å². The van der Waals surface area contributed by atoms with Gasteiger partial charge in [-0.05, 0) is 22.6 Å². The third kappa shape index (κ3) is 3.02. The van der Waals surface area contributed by atoms with Crippen LogP contribution in [0.5, 0.6) is 5.75 Å². The third-order valence-electron chi connectivity index (χ3n) is 3.61. The first kappa shape index (κ1) is 14.6. The minimum Gasteiger partial charge on any atom is -0.496 e. The lowest BCUT2D eigenvalue weighted by atomic mass is 9.86. The number of para-hydroxylation sites is 1. The number of ether oxygens (including phenoxy) is 1. The molecular formula is C18H23NO. The maximum Gasteiger partial charge on any atom is 0.123 e. The molecule has 1 atom stereocenters. The van der Waals surface area contributed by atoms with Crippen LogP contribution in [0.1, 0.15) is 43.5 Å². The van der Waals surface area contributed by atoms with Crippen LogP contribution in [0.2, 0.25) is 0 Å². The number of methoxy groups -OCH3 is 1. The van der Waals surface area contributed by atoms with Gasteiger partial charge < -0.3 is 10.5 Å². The number of hydrogen-bond donors (Lipinski definition) is 1. The monoisotopic (exact) mass is 269 g/mol. The van der Waals surface area contributed by atoms with Crippen LogP contribution in [0.4, 0.5) is 0 Å². The van der Waals surface area contributed by atoms with Crippen LogP contribution >= 0.6 is 0 Å². The van der Waals surface area contributed by atoms with E-state index < -0.39 is 0 Å². The molecule has 0 saturated carbocycles. The van der Waals surface area contributed by atoms with Gasteiger partial charge in [0.2, 0.25) is 0 Å². The van der Waals surface area contributed by atoms with Crippen LogP contribution in [-0.2, 0) is 5.41 Å². The van der Waals surface area contributed by atoms with Gasteiger partial charge in [-0.3, -0.25) is 0 Å². The van der Waals surface area contributed by atoms with Crippen LogP contribution < -0.4 is 10.5 Å². The quantitative estimate of drug-likeness (QED) is 0.912. The highest BCUT2D eigenvalue weighted by Gasteiger charge is 2.16. The largest absolute Gasteiger partial charge is 0.496 e. The van der Waals surface area contributed by atoms with Gasteiger partial charge in [-0.25, -0.2) is 0 Å². The van der Waals surface area contributed by atoms with Crippen LogP contribution in [-0.4, -0.2) is 7.11 Å². The summed E-state index contributed by atoms with van der Waals surface area (Å²) in [6.07, 6.45) is 0. The summed E-state index contributed by atoms with van der Waals surface area (Å²) in [5.41, 5.74) is 9.96. The Morgan fingerprint density at radius 2 is 1.55 bits per heavy atom. The highest BCUT2D eigenvalue weighted by molar-refractivity contribution is 5.42. The van der Waals surface area contributed by atoms with E-state index in [2.05, 4.69) is 45.0 Å². The molecule has 0 heterocycles. The molecule has 2 N–H and O–H groups in total. The fourth-order valence-electron chi connectivity index (χ4n) is 2.29. The van der Waals surface area contributed by atoms with Crippen molar-refractivity contribution in [2.75, 3.05) is 7.11 Å². The van der Waals surface area contributed by atoms with Gasteiger partial charge in [0.25, 0.3) is 0 Å². The molecule has 0 saturated heterocycles. The molecule has 2 aromatic carbocycles. The minimum absolute atomic E-state index is 0.160. The van der Waals surface area contributed by atoms with Crippen molar-refractivity contribution in [2.45, 2.75) is 32.2 Å². The van der Waals surface area contributed by atoms with Crippen molar-refractivity contribution in [3.05, 3.63) is 65.2 Å². The van der Waals surface area contributed by atoms with E-state index in [-0.39, 0.29) is 11.5 Å². The second-order valence-electron chi connectivity index (χ2n) is 6.09. The predicted octanol–water partition coefficient (Wildman–Crippen LogP) is 4.04. The predicted molar refractivity (Wildman–Crippen MR) is 84.2 cm³/mol. The lowest BCUT2D eigenvalue weighted by Gasteiger charge is -2.21. The maximum atomic E-state index is 6.37. The fourth-order valence-corrected chi connectivity index (χ4v) is 2.29. The Morgan fingerprint density at radius 3 is 2.10 bits per heavy atom. The summed E-state index contributed by atoms with van der Waals surface area (Å²) < 4.78 is 5.39. The summed E-state index contributed by atoms with van der Waals surface area (Å²) in [6, 6.07) is 16.3. The van der Waals surface area contributed by atoms with Gasteiger partial charge in [0, 0.05) is 5.56 Å².